The van der Waals surface area contributed by atoms with E-state index >= 15 is 0 Å². The first-order valence-electron chi connectivity index (χ1n) is 7.73. The number of hydrogen-bond acceptors (Lipinski definition) is 3. The molecule has 2 unspecified atom stereocenters. The van der Waals surface area contributed by atoms with Crippen molar-refractivity contribution < 1.29 is 0 Å². The van der Waals surface area contributed by atoms with Gasteiger partial charge in [-0.15, -0.1) is 0 Å². The van der Waals surface area contributed by atoms with Gasteiger partial charge >= 0.3 is 0 Å². The fraction of sp³-hybridized carbons (Fsp3) is 0.625. The van der Waals surface area contributed by atoms with Crippen LogP contribution >= 0.6 is 23.2 Å². The van der Waals surface area contributed by atoms with Crippen molar-refractivity contribution in [2.75, 3.05) is 32.7 Å². The maximum Gasteiger partial charge on any atom is 0.0486 e. The second-order valence-corrected chi connectivity index (χ2v) is 6.42. The molecule has 3 nitrogen and oxygen atoms in total. The van der Waals surface area contributed by atoms with E-state index in [1.807, 2.05) is 18.2 Å². The highest BCUT2D eigenvalue weighted by atomic mass is 35.5. The summed E-state index contributed by atoms with van der Waals surface area (Å²) in [6.45, 7) is 9.31. The van der Waals surface area contributed by atoms with Gasteiger partial charge in [0.2, 0.25) is 0 Å². The van der Waals surface area contributed by atoms with Crippen molar-refractivity contribution in [2.24, 2.45) is 5.73 Å². The second kappa shape index (κ2) is 7.80. The van der Waals surface area contributed by atoms with Crippen LogP contribution in [0.25, 0.3) is 0 Å². The first kappa shape index (κ1) is 17.0. The zero-order valence-corrected chi connectivity index (χ0v) is 14.4. The molecular weight excluding hydrogens is 305 g/mol. The highest BCUT2D eigenvalue weighted by molar-refractivity contribution is 6.33. The minimum absolute atomic E-state index is 0.150. The Morgan fingerprint density at radius 2 is 2.05 bits per heavy atom. The van der Waals surface area contributed by atoms with Gasteiger partial charge in [-0.05, 0) is 43.3 Å². The van der Waals surface area contributed by atoms with Crippen molar-refractivity contribution in [2.45, 2.75) is 32.4 Å². The van der Waals surface area contributed by atoms with E-state index in [1.165, 1.54) is 6.42 Å². The highest BCUT2D eigenvalue weighted by Gasteiger charge is 2.31. The number of likely N-dealkylation sites (N-methyl/N-ethyl adjacent to an activating group) is 1. The Balaban J connectivity index is 2.14. The number of halogens is 2. The molecule has 118 valence electrons. The summed E-state index contributed by atoms with van der Waals surface area (Å²) in [7, 11) is 0. The van der Waals surface area contributed by atoms with Crippen molar-refractivity contribution in [3.8, 4) is 0 Å². The van der Waals surface area contributed by atoms with Crippen LogP contribution in [0.1, 0.15) is 31.9 Å². The standard InChI is InChI=1S/C16H25Cl2N3/c1-3-20(4-2)13-7-8-21(11-13)16(10-19)14-9-12(17)5-6-15(14)18/h5-6,9,13,16H,3-4,7-8,10-11,19H2,1-2H3. The number of benzene rings is 1. The average molecular weight is 330 g/mol. The quantitative estimate of drug-likeness (QED) is 0.868. The average Bonchev–Trinajstić information content (AvgIpc) is 2.94. The molecule has 0 spiro atoms. The Hall–Kier alpha value is -0.320. The summed E-state index contributed by atoms with van der Waals surface area (Å²) in [5.41, 5.74) is 7.08. The minimum atomic E-state index is 0.150. The predicted molar refractivity (Wildman–Crippen MR) is 91.2 cm³/mol. The number of likely N-dealkylation sites (tertiary alicyclic amines) is 1. The first-order valence-corrected chi connectivity index (χ1v) is 8.49. The molecule has 1 heterocycles. The molecule has 0 amide bonds. The lowest BCUT2D eigenvalue weighted by Gasteiger charge is -2.30. The SMILES string of the molecule is CCN(CC)C1CCN(C(CN)c2cc(Cl)ccc2Cl)C1. The number of hydrogen-bond donors (Lipinski definition) is 1. The van der Waals surface area contributed by atoms with Crippen molar-refractivity contribution in [1.82, 2.24) is 9.80 Å². The van der Waals surface area contributed by atoms with Gasteiger partial charge in [0.1, 0.15) is 0 Å². The normalized spacial score (nSPS) is 21.1. The molecule has 2 N–H and O–H groups in total. The van der Waals surface area contributed by atoms with Crippen LogP contribution in [-0.2, 0) is 0 Å². The van der Waals surface area contributed by atoms with Crippen molar-refractivity contribution >= 4 is 23.2 Å². The van der Waals surface area contributed by atoms with Crippen LogP contribution in [0.5, 0.6) is 0 Å². The van der Waals surface area contributed by atoms with E-state index < -0.39 is 0 Å². The Bertz CT molecular complexity index is 463. The van der Waals surface area contributed by atoms with Crippen LogP contribution in [0.3, 0.4) is 0 Å². The molecule has 0 aliphatic carbocycles. The third-order valence-electron chi connectivity index (χ3n) is 4.50. The first-order chi connectivity index (χ1) is 10.1. The van der Waals surface area contributed by atoms with Gasteiger partial charge in [0.25, 0.3) is 0 Å². The van der Waals surface area contributed by atoms with Gasteiger partial charge in [-0.1, -0.05) is 37.0 Å². The summed E-state index contributed by atoms with van der Waals surface area (Å²) >= 11 is 12.5. The van der Waals surface area contributed by atoms with E-state index in [4.69, 9.17) is 28.9 Å². The van der Waals surface area contributed by atoms with Crippen LogP contribution < -0.4 is 5.73 Å². The molecule has 0 bridgehead atoms. The number of nitrogens with two attached hydrogens (primary N) is 1. The molecule has 0 radical (unpaired) electrons. The van der Waals surface area contributed by atoms with Gasteiger partial charge in [0.15, 0.2) is 0 Å². The molecule has 21 heavy (non-hydrogen) atoms. The van der Waals surface area contributed by atoms with E-state index in [1.54, 1.807) is 0 Å². The molecule has 0 aromatic heterocycles. The number of rotatable bonds is 6. The predicted octanol–water partition coefficient (Wildman–Crippen LogP) is 3.41. The van der Waals surface area contributed by atoms with Gasteiger partial charge in [-0.3, -0.25) is 9.80 Å². The van der Waals surface area contributed by atoms with E-state index in [0.29, 0.717) is 17.6 Å². The van der Waals surface area contributed by atoms with Crippen molar-refractivity contribution in [1.29, 1.82) is 0 Å². The largest absolute Gasteiger partial charge is 0.329 e. The fourth-order valence-corrected chi connectivity index (χ4v) is 3.76. The van der Waals surface area contributed by atoms with Gasteiger partial charge < -0.3 is 5.73 Å². The number of nitrogens with zero attached hydrogens (tertiary/aromatic N) is 2. The highest BCUT2D eigenvalue weighted by Crippen LogP contribution is 2.32. The molecule has 2 rings (SSSR count). The van der Waals surface area contributed by atoms with Crippen LogP contribution in [0, 0.1) is 0 Å². The Kier molecular flexibility index (Phi) is 6.33. The van der Waals surface area contributed by atoms with Gasteiger partial charge in [-0.2, -0.15) is 0 Å². The van der Waals surface area contributed by atoms with E-state index in [-0.39, 0.29) is 6.04 Å². The third-order valence-corrected chi connectivity index (χ3v) is 5.08. The van der Waals surface area contributed by atoms with E-state index in [9.17, 15) is 0 Å². The monoisotopic (exact) mass is 329 g/mol. The summed E-state index contributed by atoms with van der Waals surface area (Å²) in [4.78, 5) is 4.97. The summed E-state index contributed by atoms with van der Waals surface area (Å²) in [5, 5.41) is 1.47. The van der Waals surface area contributed by atoms with Crippen LogP contribution in [0.15, 0.2) is 18.2 Å². The van der Waals surface area contributed by atoms with Crippen LogP contribution in [0.4, 0.5) is 0 Å². The zero-order chi connectivity index (χ0) is 15.4. The second-order valence-electron chi connectivity index (χ2n) is 5.58. The van der Waals surface area contributed by atoms with Gasteiger partial charge in [0, 0.05) is 41.8 Å². The summed E-state index contributed by atoms with van der Waals surface area (Å²) in [6, 6.07) is 6.40. The molecule has 1 saturated heterocycles. The van der Waals surface area contributed by atoms with E-state index in [0.717, 1.165) is 36.8 Å². The molecule has 2 atom stereocenters. The summed E-state index contributed by atoms with van der Waals surface area (Å²) < 4.78 is 0. The molecule has 0 saturated carbocycles. The molecule has 1 aliphatic heterocycles. The fourth-order valence-electron chi connectivity index (χ4n) is 3.33. The van der Waals surface area contributed by atoms with Crippen molar-refractivity contribution in [3.05, 3.63) is 33.8 Å². The Morgan fingerprint density at radius 3 is 2.67 bits per heavy atom. The topological polar surface area (TPSA) is 32.5 Å². The zero-order valence-electron chi connectivity index (χ0n) is 12.9. The van der Waals surface area contributed by atoms with Crippen LogP contribution in [0.2, 0.25) is 10.0 Å². The third kappa shape index (κ3) is 3.91. The lowest BCUT2D eigenvalue weighted by atomic mass is 10.1. The molecule has 1 fully saturated rings. The Labute approximate surface area is 138 Å². The smallest absolute Gasteiger partial charge is 0.0486 e. The Morgan fingerprint density at radius 1 is 1.33 bits per heavy atom. The minimum Gasteiger partial charge on any atom is -0.329 e. The lowest BCUT2D eigenvalue weighted by molar-refractivity contribution is 0.190. The van der Waals surface area contributed by atoms with E-state index in [2.05, 4.69) is 23.6 Å². The van der Waals surface area contributed by atoms with Gasteiger partial charge in [-0.25, -0.2) is 0 Å². The van der Waals surface area contributed by atoms with Crippen LogP contribution in [-0.4, -0.2) is 48.6 Å². The summed E-state index contributed by atoms with van der Waals surface area (Å²) in [5.74, 6) is 0. The summed E-state index contributed by atoms with van der Waals surface area (Å²) in [6.07, 6.45) is 1.19. The van der Waals surface area contributed by atoms with Gasteiger partial charge in [0.05, 0.1) is 0 Å². The molecule has 1 aliphatic rings. The van der Waals surface area contributed by atoms with Crippen molar-refractivity contribution in [3.63, 3.8) is 0 Å². The molecule has 1 aromatic rings. The maximum absolute atomic E-state index is 6.35. The lowest BCUT2D eigenvalue weighted by Crippen LogP contribution is -2.39. The molecule has 5 heteroatoms. The molecule has 1 aromatic carbocycles. The molecular formula is C16H25Cl2N3. The maximum atomic E-state index is 6.35.